The number of fused-ring (bicyclic) bond motifs is 1. The van der Waals surface area contributed by atoms with Crippen molar-refractivity contribution in [3.8, 4) is 0 Å². The van der Waals surface area contributed by atoms with Crippen molar-refractivity contribution in [2.75, 3.05) is 18.4 Å². The van der Waals surface area contributed by atoms with Crippen molar-refractivity contribution >= 4 is 23.7 Å². The van der Waals surface area contributed by atoms with Gasteiger partial charge in [0.2, 0.25) is 17.7 Å². The summed E-state index contributed by atoms with van der Waals surface area (Å²) in [6.45, 7) is 2.75. The molecule has 10 nitrogen and oxygen atoms in total. The lowest BCUT2D eigenvalue weighted by Gasteiger charge is -2.29. The summed E-state index contributed by atoms with van der Waals surface area (Å²) >= 11 is 0. The average molecular weight is 424 g/mol. The van der Waals surface area contributed by atoms with Crippen LogP contribution in [-0.4, -0.2) is 52.0 Å². The van der Waals surface area contributed by atoms with Gasteiger partial charge in [-0.15, -0.1) is 5.10 Å². The standard InChI is InChI=1S/C21H24N6O4/c28-17-4-3-16(18(29)24-17)27-11-14-9-12(1-2-15(14)20(27)30)10-23-21-26-25-19(31-21)13-5-7-22-8-6-13/h1-2,9,13,16,22H,3-8,10-11H2,(H,23,26)(H,24,28,29). The number of amides is 3. The Bertz CT molecular complexity index is 1030. The minimum atomic E-state index is -0.606. The minimum Gasteiger partial charge on any atom is -0.408 e. The molecule has 5 rings (SSSR count). The smallest absolute Gasteiger partial charge is 0.315 e. The molecule has 3 aliphatic heterocycles. The van der Waals surface area contributed by atoms with Gasteiger partial charge in [0.15, 0.2) is 0 Å². The second kappa shape index (κ2) is 8.10. The van der Waals surface area contributed by atoms with E-state index >= 15 is 0 Å². The van der Waals surface area contributed by atoms with Crippen molar-refractivity contribution in [2.24, 2.45) is 0 Å². The molecule has 3 amide bonds. The molecule has 2 fully saturated rings. The van der Waals surface area contributed by atoms with Gasteiger partial charge < -0.3 is 20.0 Å². The van der Waals surface area contributed by atoms with E-state index in [9.17, 15) is 14.4 Å². The number of carbonyl (C=O) groups excluding carboxylic acids is 3. The summed E-state index contributed by atoms with van der Waals surface area (Å²) in [5.74, 6) is 0.105. The van der Waals surface area contributed by atoms with Gasteiger partial charge in [0.05, 0.1) is 0 Å². The highest BCUT2D eigenvalue weighted by molar-refractivity contribution is 6.05. The average Bonchev–Trinajstić information content (AvgIpc) is 3.38. The highest BCUT2D eigenvalue weighted by atomic mass is 16.4. The summed E-state index contributed by atoms with van der Waals surface area (Å²) in [6, 6.07) is 5.40. The molecule has 2 saturated heterocycles. The van der Waals surface area contributed by atoms with E-state index in [2.05, 4.69) is 26.1 Å². The van der Waals surface area contributed by atoms with Gasteiger partial charge >= 0.3 is 6.01 Å². The largest absolute Gasteiger partial charge is 0.408 e. The summed E-state index contributed by atoms with van der Waals surface area (Å²) in [4.78, 5) is 37.9. The first-order chi connectivity index (χ1) is 15.1. The molecule has 2 aromatic rings. The van der Waals surface area contributed by atoms with Crippen LogP contribution in [0.25, 0.3) is 0 Å². The van der Waals surface area contributed by atoms with Crippen molar-refractivity contribution in [1.82, 2.24) is 25.7 Å². The first-order valence-corrected chi connectivity index (χ1v) is 10.6. The molecule has 1 aromatic carbocycles. The quantitative estimate of drug-likeness (QED) is 0.604. The summed E-state index contributed by atoms with van der Waals surface area (Å²) in [6.07, 6.45) is 2.58. The van der Waals surface area contributed by atoms with Gasteiger partial charge in [-0.3, -0.25) is 19.7 Å². The van der Waals surface area contributed by atoms with Crippen LogP contribution in [0.5, 0.6) is 0 Å². The fourth-order valence-electron chi connectivity index (χ4n) is 4.46. The molecule has 0 aliphatic carbocycles. The number of anilines is 1. The fraction of sp³-hybridized carbons (Fsp3) is 0.476. The molecule has 0 spiro atoms. The predicted octanol–water partition coefficient (Wildman–Crippen LogP) is 0.910. The maximum Gasteiger partial charge on any atom is 0.315 e. The third-order valence-electron chi connectivity index (χ3n) is 6.16. The van der Waals surface area contributed by atoms with Crippen LogP contribution < -0.4 is 16.0 Å². The Hall–Kier alpha value is -3.27. The van der Waals surface area contributed by atoms with Gasteiger partial charge in [0, 0.05) is 31.0 Å². The van der Waals surface area contributed by atoms with E-state index < -0.39 is 11.9 Å². The van der Waals surface area contributed by atoms with Crippen LogP contribution in [0.4, 0.5) is 6.01 Å². The van der Waals surface area contributed by atoms with Gasteiger partial charge in [-0.05, 0) is 49.5 Å². The van der Waals surface area contributed by atoms with Gasteiger partial charge in [-0.1, -0.05) is 17.2 Å². The number of carbonyl (C=O) groups is 3. The van der Waals surface area contributed by atoms with Crippen LogP contribution in [0.1, 0.15) is 59.0 Å². The van der Waals surface area contributed by atoms with Crippen molar-refractivity contribution in [3.05, 3.63) is 40.8 Å². The number of nitrogens with zero attached hydrogens (tertiary/aromatic N) is 3. The number of rotatable bonds is 5. The summed E-state index contributed by atoms with van der Waals surface area (Å²) < 4.78 is 5.78. The number of piperidine rings is 2. The van der Waals surface area contributed by atoms with Crippen LogP contribution in [0, 0.1) is 0 Å². The third-order valence-corrected chi connectivity index (χ3v) is 6.16. The molecule has 4 heterocycles. The van der Waals surface area contributed by atoms with E-state index in [0.29, 0.717) is 42.9 Å². The molecule has 10 heteroatoms. The first kappa shape index (κ1) is 19.7. The first-order valence-electron chi connectivity index (χ1n) is 10.6. The molecule has 1 aromatic heterocycles. The van der Waals surface area contributed by atoms with Crippen LogP contribution in [0.2, 0.25) is 0 Å². The Balaban J connectivity index is 1.23. The molecule has 0 saturated carbocycles. The van der Waals surface area contributed by atoms with Crippen molar-refractivity contribution in [2.45, 2.75) is 50.7 Å². The highest BCUT2D eigenvalue weighted by Gasteiger charge is 2.39. The molecular weight excluding hydrogens is 400 g/mol. The molecule has 0 bridgehead atoms. The Kier molecular flexibility index (Phi) is 5.14. The van der Waals surface area contributed by atoms with Gasteiger partial charge in [-0.25, -0.2) is 0 Å². The van der Waals surface area contributed by atoms with E-state index in [1.165, 1.54) is 0 Å². The molecule has 31 heavy (non-hydrogen) atoms. The van der Waals surface area contributed by atoms with Crippen LogP contribution in [0.15, 0.2) is 22.6 Å². The maximum atomic E-state index is 12.8. The molecule has 3 N–H and O–H groups in total. The van der Waals surface area contributed by atoms with E-state index in [4.69, 9.17) is 4.42 Å². The molecule has 0 radical (unpaired) electrons. The lowest BCUT2D eigenvalue weighted by atomic mass is 9.98. The Morgan fingerprint density at radius 2 is 1.97 bits per heavy atom. The van der Waals surface area contributed by atoms with Gasteiger partial charge in [-0.2, -0.15) is 0 Å². The Morgan fingerprint density at radius 1 is 1.13 bits per heavy atom. The van der Waals surface area contributed by atoms with E-state index in [1.807, 2.05) is 12.1 Å². The topological polar surface area (TPSA) is 129 Å². The number of aromatic nitrogens is 2. The second-order valence-corrected chi connectivity index (χ2v) is 8.21. The number of imide groups is 1. The lowest BCUT2D eigenvalue weighted by molar-refractivity contribution is -0.136. The van der Waals surface area contributed by atoms with E-state index in [-0.39, 0.29) is 18.2 Å². The highest BCUT2D eigenvalue weighted by Crippen LogP contribution is 2.29. The van der Waals surface area contributed by atoms with Crippen molar-refractivity contribution < 1.29 is 18.8 Å². The normalized spacial score (nSPS) is 21.9. The zero-order chi connectivity index (χ0) is 21.4. The Labute approximate surface area is 178 Å². The fourth-order valence-corrected chi connectivity index (χ4v) is 4.46. The zero-order valence-corrected chi connectivity index (χ0v) is 17.0. The predicted molar refractivity (Wildman–Crippen MR) is 109 cm³/mol. The van der Waals surface area contributed by atoms with Gasteiger partial charge in [0.25, 0.3) is 5.91 Å². The monoisotopic (exact) mass is 424 g/mol. The minimum absolute atomic E-state index is 0.174. The van der Waals surface area contributed by atoms with Gasteiger partial charge in [0.1, 0.15) is 6.04 Å². The molecular formula is C21H24N6O4. The summed E-state index contributed by atoms with van der Waals surface area (Å²) in [5.41, 5.74) is 2.44. The molecule has 162 valence electrons. The van der Waals surface area contributed by atoms with E-state index in [1.54, 1.807) is 11.0 Å². The lowest BCUT2D eigenvalue weighted by Crippen LogP contribution is -2.52. The van der Waals surface area contributed by atoms with Crippen molar-refractivity contribution in [3.63, 3.8) is 0 Å². The van der Waals surface area contributed by atoms with Crippen molar-refractivity contribution in [1.29, 1.82) is 0 Å². The molecule has 1 unspecified atom stereocenters. The SMILES string of the molecule is O=C1CCC(N2Cc3cc(CNc4nnc(C5CCNCC5)o4)ccc3C2=O)C(=O)N1. The van der Waals surface area contributed by atoms with Crippen LogP contribution >= 0.6 is 0 Å². The third kappa shape index (κ3) is 3.90. The Morgan fingerprint density at radius 3 is 2.77 bits per heavy atom. The number of benzene rings is 1. The summed E-state index contributed by atoms with van der Waals surface area (Å²) in [7, 11) is 0. The number of hydrogen-bond acceptors (Lipinski definition) is 8. The van der Waals surface area contributed by atoms with Crippen LogP contribution in [-0.2, 0) is 22.7 Å². The zero-order valence-electron chi connectivity index (χ0n) is 17.0. The number of hydrogen-bond donors (Lipinski definition) is 3. The summed E-state index contributed by atoms with van der Waals surface area (Å²) in [5, 5.41) is 17.1. The van der Waals surface area contributed by atoms with Crippen LogP contribution in [0.3, 0.4) is 0 Å². The second-order valence-electron chi connectivity index (χ2n) is 8.21. The number of nitrogens with one attached hydrogen (secondary N) is 3. The maximum absolute atomic E-state index is 12.8. The molecule has 3 aliphatic rings. The van der Waals surface area contributed by atoms with E-state index in [0.717, 1.165) is 37.1 Å². The molecule has 1 atom stereocenters.